The van der Waals surface area contributed by atoms with Crippen LogP contribution in [0.15, 0.2) is 42.5 Å². The Morgan fingerprint density at radius 3 is 2.62 bits per heavy atom. The van der Waals surface area contributed by atoms with Crippen molar-refractivity contribution in [1.82, 2.24) is 10.2 Å². The summed E-state index contributed by atoms with van der Waals surface area (Å²) < 4.78 is 33.2. The van der Waals surface area contributed by atoms with E-state index in [0.717, 1.165) is 23.1 Å². The maximum atomic E-state index is 14.2. The molecule has 7 heteroatoms. The van der Waals surface area contributed by atoms with Gasteiger partial charge in [0.1, 0.15) is 22.9 Å². The number of ether oxygens (including phenoxy) is 1. The Bertz CT molecular complexity index is 872. The van der Waals surface area contributed by atoms with Crippen LogP contribution in [0.3, 0.4) is 0 Å². The molecule has 3 amide bonds. The third-order valence-corrected chi connectivity index (χ3v) is 4.34. The largest absolute Gasteiger partial charge is 0.494 e. The molecule has 0 saturated carbocycles. The average molecular weight is 360 g/mol. The van der Waals surface area contributed by atoms with Gasteiger partial charge in [-0.25, -0.2) is 13.6 Å². The van der Waals surface area contributed by atoms with Gasteiger partial charge in [0.15, 0.2) is 0 Å². The van der Waals surface area contributed by atoms with Crippen molar-refractivity contribution in [3.8, 4) is 5.75 Å². The van der Waals surface area contributed by atoms with Crippen LogP contribution in [0.4, 0.5) is 13.6 Å². The second kappa shape index (κ2) is 6.74. The summed E-state index contributed by atoms with van der Waals surface area (Å²) in [5.74, 6) is -1.55. The smallest absolute Gasteiger partial charge is 0.325 e. The lowest BCUT2D eigenvalue weighted by molar-refractivity contribution is -0.131. The van der Waals surface area contributed by atoms with Crippen molar-refractivity contribution in [3.05, 3.63) is 65.2 Å². The molecule has 1 atom stereocenters. The fourth-order valence-corrected chi connectivity index (χ4v) is 3.00. The molecule has 2 aromatic rings. The van der Waals surface area contributed by atoms with E-state index in [1.807, 2.05) is 6.92 Å². The minimum Gasteiger partial charge on any atom is -0.494 e. The molecule has 0 aliphatic carbocycles. The van der Waals surface area contributed by atoms with Crippen molar-refractivity contribution in [2.45, 2.75) is 25.9 Å². The number of imide groups is 1. The van der Waals surface area contributed by atoms with E-state index in [1.54, 1.807) is 24.3 Å². The molecule has 1 aliphatic heterocycles. The molecule has 5 nitrogen and oxygen atoms in total. The number of benzene rings is 2. The van der Waals surface area contributed by atoms with Gasteiger partial charge in [-0.15, -0.1) is 0 Å². The lowest BCUT2D eigenvalue weighted by atomic mass is 9.91. The number of urea groups is 1. The van der Waals surface area contributed by atoms with Crippen molar-refractivity contribution in [1.29, 1.82) is 0 Å². The van der Waals surface area contributed by atoms with Gasteiger partial charge in [-0.2, -0.15) is 0 Å². The number of amides is 3. The summed E-state index contributed by atoms with van der Waals surface area (Å²) >= 11 is 0. The fourth-order valence-electron chi connectivity index (χ4n) is 3.00. The number of carbonyl (C=O) groups is 2. The molecule has 26 heavy (non-hydrogen) atoms. The van der Waals surface area contributed by atoms with E-state index >= 15 is 0 Å². The van der Waals surface area contributed by atoms with Crippen LogP contribution in [0.1, 0.15) is 25.0 Å². The van der Waals surface area contributed by atoms with Gasteiger partial charge in [-0.1, -0.05) is 18.2 Å². The maximum absolute atomic E-state index is 14.2. The van der Waals surface area contributed by atoms with Crippen LogP contribution >= 0.6 is 0 Å². The zero-order valence-corrected chi connectivity index (χ0v) is 14.4. The number of hydrogen-bond acceptors (Lipinski definition) is 3. The number of rotatable bonds is 5. The van der Waals surface area contributed by atoms with Crippen LogP contribution < -0.4 is 10.1 Å². The molecule has 0 aromatic heterocycles. The molecular formula is C19H18F2N2O3. The van der Waals surface area contributed by atoms with Gasteiger partial charge in [-0.3, -0.25) is 9.69 Å². The highest BCUT2D eigenvalue weighted by Gasteiger charge is 2.50. The Labute approximate surface area is 149 Å². The Morgan fingerprint density at radius 1 is 1.15 bits per heavy atom. The molecule has 0 spiro atoms. The van der Waals surface area contributed by atoms with Crippen molar-refractivity contribution < 1.29 is 23.1 Å². The molecule has 136 valence electrons. The zero-order valence-electron chi connectivity index (χ0n) is 14.4. The normalized spacial score (nSPS) is 19.6. The number of nitrogens with one attached hydrogen (secondary N) is 1. The maximum Gasteiger partial charge on any atom is 0.325 e. The summed E-state index contributed by atoms with van der Waals surface area (Å²) in [6, 6.07) is 9.17. The highest BCUT2D eigenvalue weighted by Crippen LogP contribution is 2.33. The lowest BCUT2D eigenvalue weighted by Gasteiger charge is -2.23. The van der Waals surface area contributed by atoms with Crippen molar-refractivity contribution >= 4 is 11.9 Å². The molecule has 1 heterocycles. The van der Waals surface area contributed by atoms with Gasteiger partial charge in [-0.05, 0) is 38.1 Å². The molecule has 1 fully saturated rings. The molecule has 1 N–H and O–H groups in total. The molecule has 1 aliphatic rings. The molecule has 3 rings (SSSR count). The topological polar surface area (TPSA) is 58.6 Å². The number of para-hydroxylation sites is 1. The second-order valence-electron chi connectivity index (χ2n) is 6.11. The van der Waals surface area contributed by atoms with Crippen LogP contribution in [0.2, 0.25) is 0 Å². The summed E-state index contributed by atoms with van der Waals surface area (Å²) in [6.45, 7) is 3.59. The van der Waals surface area contributed by atoms with Crippen LogP contribution in [0, 0.1) is 11.6 Å². The summed E-state index contributed by atoms with van der Waals surface area (Å²) in [4.78, 5) is 26.2. The molecule has 0 bridgehead atoms. The number of hydrogen-bond donors (Lipinski definition) is 1. The quantitative estimate of drug-likeness (QED) is 0.832. The van der Waals surface area contributed by atoms with E-state index in [-0.39, 0.29) is 12.1 Å². The van der Waals surface area contributed by atoms with E-state index in [0.29, 0.717) is 17.9 Å². The minimum absolute atomic E-state index is 0.0344. The first-order valence-electron chi connectivity index (χ1n) is 8.17. The Kier molecular flexibility index (Phi) is 4.63. The Morgan fingerprint density at radius 2 is 1.88 bits per heavy atom. The highest BCUT2D eigenvalue weighted by molar-refractivity contribution is 6.07. The molecule has 2 aromatic carbocycles. The van der Waals surface area contributed by atoms with Gasteiger partial charge in [0.25, 0.3) is 5.91 Å². The highest BCUT2D eigenvalue weighted by atomic mass is 19.1. The third-order valence-electron chi connectivity index (χ3n) is 4.34. The lowest BCUT2D eigenvalue weighted by Crippen LogP contribution is -2.41. The van der Waals surface area contributed by atoms with Crippen molar-refractivity contribution in [2.75, 3.05) is 6.61 Å². The number of halogens is 2. The first kappa shape index (κ1) is 17.8. The molecule has 0 radical (unpaired) electrons. The van der Waals surface area contributed by atoms with E-state index in [2.05, 4.69) is 5.32 Å². The van der Waals surface area contributed by atoms with Crippen LogP contribution in [0.5, 0.6) is 5.75 Å². The fraction of sp³-hybridized carbons (Fsp3) is 0.263. The summed E-state index contributed by atoms with van der Waals surface area (Å²) in [7, 11) is 0. The Balaban J connectivity index is 1.94. The second-order valence-corrected chi connectivity index (χ2v) is 6.11. The van der Waals surface area contributed by atoms with E-state index in [4.69, 9.17) is 4.74 Å². The van der Waals surface area contributed by atoms with Gasteiger partial charge in [0, 0.05) is 11.1 Å². The number of carbonyl (C=O) groups excluding carboxylic acids is 2. The number of nitrogens with zero attached hydrogens (tertiary/aromatic N) is 1. The average Bonchev–Trinajstić information content (AvgIpc) is 2.83. The van der Waals surface area contributed by atoms with Crippen LogP contribution in [-0.4, -0.2) is 23.4 Å². The predicted molar refractivity (Wildman–Crippen MR) is 90.4 cm³/mol. The molecule has 0 unspecified atom stereocenters. The van der Waals surface area contributed by atoms with Crippen LogP contribution in [-0.2, 0) is 16.9 Å². The monoisotopic (exact) mass is 360 g/mol. The Hall–Kier alpha value is -2.96. The van der Waals surface area contributed by atoms with Crippen LogP contribution in [0.25, 0.3) is 0 Å². The first-order chi connectivity index (χ1) is 12.4. The third kappa shape index (κ3) is 3.00. The molecule has 1 saturated heterocycles. The van der Waals surface area contributed by atoms with Crippen molar-refractivity contribution in [2.24, 2.45) is 0 Å². The van der Waals surface area contributed by atoms with E-state index in [9.17, 15) is 18.4 Å². The minimum atomic E-state index is -1.68. The summed E-state index contributed by atoms with van der Waals surface area (Å²) in [6.07, 6.45) is 0. The van der Waals surface area contributed by atoms with Gasteiger partial charge in [0.05, 0.1) is 13.2 Å². The zero-order chi connectivity index (χ0) is 18.9. The summed E-state index contributed by atoms with van der Waals surface area (Å²) in [5.41, 5.74) is -1.25. The van der Waals surface area contributed by atoms with Gasteiger partial charge in [0.2, 0.25) is 0 Å². The van der Waals surface area contributed by atoms with E-state index in [1.165, 1.54) is 6.92 Å². The van der Waals surface area contributed by atoms with E-state index < -0.39 is 29.1 Å². The first-order valence-corrected chi connectivity index (χ1v) is 8.17. The summed E-state index contributed by atoms with van der Waals surface area (Å²) in [5, 5.41) is 2.48. The molecular weight excluding hydrogens is 342 g/mol. The predicted octanol–water partition coefficient (Wildman–Crippen LogP) is 3.33. The van der Waals surface area contributed by atoms with Gasteiger partial charge < -0.3 is 10.1 Å². The standard InChI is InChI=1S/C19H18F2N2O3/c1-3-26-16-7-5-4-6-12(16)11-23-17(24)19(2,22-18(23)25)14-10-13(20)8-9-15(14)21/h4-10H,3,11H2,1-2H3,(H,22,25)/t19-/m1/s1. The SMILES string of the molecule is CCOc1ccccc1CN1C(=O)N[C@](C)(c2cc(F)ccc2F)C1=O. The van der Waals surface area contributed by atoms with Gasteiger partial charge >= 0.3 is 6.03 Å². The van der Waals surface area contributed by atoms with Crippen molar-refractivity contribution in [3.63, 3.8) is 0 Å².